The van der Waals surface area contributed by atoms with E-state index in [1.165, 1.54) is 0 Å². The van der Waals surface area contributed by atoms with Gasteiger partial charge in [0, 0.05) is 25.4 Å². The molecule has 0 aliphatic carbocycles. The van der Waals surface area contributed by atoms with Crippen LogP contribution in [0, 0.1) is 0 Å². The Morgan fingerprint density at radius 3 is 2.71 bits per heavy atom. The number of hydrogen-bond acceptors (Lipinski definition) is 3. The second kappa shape index (κ2) is 4.42. The average Bonchev–Trinajstić information content (AvgIpc) is 2.18. The van der Waals surface area contributed by atoms with Gasteiger partial charge in [-0.25, -0.2) is 0 Å². The van der Waals surface area contributed by atoms with Crippen LogP contribution in [0.5, 0.6) is 0 Å². The molecule has 0 atom stereocenters. The molecule has 0 bridgehead atoms. The Morgan fingerprint density at radius 1 is 1.50 bits per heavy atom. The maximum absolute atomic E-state index is 8.96. The molecule has 3 heteroatoms. The van der Waals surface area contributed by atoms with Crippen molar-refractivity contribution in [3.05, 3.63) is 24.5 Å². The molecule has 1 N–H and O–H groups in total. The molecule has 0 saturated heterocycles. The van der Waals surface area contributed by atoms with Gasteiger partial charge in [0.15, 0.2) is 0 Å². The highest BCUT2D eigenvalue weighted by atomic mass is 16.3. The van der Waals surface area contributed by atoms with E-state index in [0.29, 0.717) is 0 Å². The lowest BCUT2D eigenvalue weighted by Crippen LogP contribution is -2.42. The third-order valence-corrected chi connectivity index (χ3v) is 2.66. The lowest BCUT2D eigenvalue weighted by Gasteiger charge is -2.36. The molecule has 14 heavy (non-hydrogen) atoms. The number of hydrogen-bond donors (Lipinski definition) is 1. The predicted molar refractivity (Wildman–Crippen MR) is 58.4 cm³/mol. The Bertz CT molecular complexity index is 272. The maximum Gasteiger partial charge on any atom is 0.0554 e. The minimum absolute atomic E-state index is 0.0439. The first-order valence-electron chi connectivity index (χ1n) is 4.82. The fourth-order valence-electron chi connectivity index (χ4n) is 1.34. The summed E-state index contributed by atoms with van der Waals surface area (Å²) in [6.45, 7) is 4.42. The number of pyridine rings is 1. The predicted octanol–water partition coefficient (Wildman–Crippen LogP) is 1.68. The highest BCUT2D eigenvalue weighted by molar-refractivity contribution is 5.45. The molecule has 0 fully saturated rings. The van der Waals surface area contributed by atoms with Crippen molar-refractivity contribution >= 4 is 5.69 Å². The van der Waals surface area contributed by atoms with Crippen LogP contribution in [-0.4, -0.2) is 29.3 Å². The van der Waals surface area contributed by atoms with Gasteiger partial charge >= 0.3 is 0 Å². The summed E-state index contributed by atoms with van der Waals surface area (Å²) in [6, 6.07) is 3.94. The van der Waals surface area contributed by atoms with Crippen molar-refractivity contribution in [2.75, 3.05) is 18.6 Å². The molecule has 0 spiro atoms. The second-order valence-electron chi connectivity index (χ2n) is 4.06. The van der Waals surface area contributed by atoms with Crippen molar-refractivity contribution < 1.29 is 5.11 Å². The van der Waals surface area contributed by atoms with Gasteiger partial charge in [0.05, 0.1) is 11.9 Å². The molecule has 3 nitrogen and oxygen atoms in total. The topological polar surface area (TPSA) is 36.4 Å². The Balaban J connectivity index is 2.79. The molecule has 1 aromatic rings. The van der Waals surface area contributed by atoms with Crippen molar-refractivity contribution in [2.45, 2.75) is 25.8 Å². The van der Waals surface area contributed by atoms with Crippen LogP contribution in [0.2, 0.25) is 0 Å². The van der Waals surface area contributed by atoms with Crippen LogP contribution in [0.25, 0.3) is 0 Å². The highest BCUT2D eigenvalue weighted by Gasteiger charge is 2.22. The summed E-state index contributed by atoms with van der Waals surface area (Å²) in [5.41, 5.74) is 1.03. The zero-order chi connectivity index (χ0) is 10.6. The van der Waals surface area contributed by atoms with Crippen LogP contribution >= 0.6 is 0 Å². The minimum atomic E-state index is -0.0439. The van der Waals surface area contributed by atoms with E-state index in [9.17, 15) is 0 Å². The molecule has 1 heterocycles. The third kappa shape index (κ3) is 2.45. The molecule has 0 unspecified atom stereocenters. The number of nitrogens with zero attached hydrogens (tertiary/aromatic N) is 2. The summed E-state index contributed by atoms with van der Waals surface area (Å²) in [6.07, 6.45) is 4.34. The number of aliphatic hydroxyl groups excluding tert-OH is 1. The largest absolute Gasteiger partial charge is 0.396 e. The van der Waals surface area contributed by atoms with E-state index in [0.717, 1.165) is 12.1 Å². The molecule has 0 saturated carbocycles. The van der Waals surface area contributed by atoms with E-state index in [4.69, 9.17) is 5.11 Å². The van der Waals surface area contributed by atoms with Crippen molar-refractivity contribution in [3.63, 3.8) is 0 Å². The Labute approximate surface area is 85.4 Å². The van der Waals surface area contributed by atoms with Crippen molar-refractivity contribution in [2.24, 2.45) is 0 Å². The van der Waals surface area contributed by atoms with Gasteiger partial charge in [-0.1, -0.05) is 0 Å². The van der Waals surface area contributed by atoms with Crippen molar-refractivity contribution in [1.29, 1.82) is 0 Å². The lowest BCUT2D eigenvalue weighted by molar-refractivity contribution is 0.250. The van der Waals surface area contributed by atoms with E-state index in [2.05, 4.69) is 23.7 Å². The molecule has 1 rings (SSSR count). The van der Waals surface area contributed by atoms with Crippen LogP contribution in [0.1, 0.15) is 20.3 Å². The van der Waals surface area contributed by atoms with Gasteiger partial charge in [-0.3, -0.25) is 4.98 Å². The fourth-order valence-corrected chi connectivity index (χ4v) is 1.34. The number of rotatable bonds is 4. The van der Waals surface area contributed by atoms with Crippen LogP contribution < -0.4 is 4.90 Å². The number of anilines is 1. The smallest absolute Gasteiger partial charge is 0.0554 e. The molecule has 0 amide bonds. The van der Waals surface area contributed by atoms with Gasteiger partial charge < -0.3 is 10.0 Å². The monoisotopic (exact) mass is 194 g/mol. The summed E-state index contributed by atoms with van der Waals surface area (Å²) < 4.78 is 0. The lowest BCUT2D eigenvalue weighted by atomic mass is 9.99. The molecule has 0 aliphatic heterocycles. The van der Waals surface area contributed by atoms with E-state index in [-0.39, 0.29) is 12.1 Å². The minimum Gasteiger partial charge on any atom is -0.396 e. The second-order valence-corrected chi connectivity index (χ2v) is 4.06. The van der Waals surface area contributed by atoms with Gasteiger partial charge in [-0.2, -0.15) is 0 Å². The van der Waals surface area contributed by atoms with Crippen molar-refractivity contribution in [3.8, 4) is 0 Å². The number of aliphatic hydroxyl groups is 1. The van der Waals surface area contributed by atoms with Gasteiger partial charge in [0.2, 0.25) is 0 Å². The molecular weight excluding hydrogens is 176 g/mol. The molecule has 0 aromatic carbocycles. The zero-order valence-electron chi connectivity index (χ0n) is 9.07. The van der Waals surface area contributed by atoms with E-state index in [1.807, 2.05) is 25.4 Å². The van der Waals surface area contributed by atoms with Gasteiger partial charge in [-0.15, -0.1) is 0 Å². The standard InChI is InChI=1S/C11H18N2O/c1-11(2,6-8-14)13(3)10-5-4-7-12-9-10/h4-5,7,9,14H,6,8H2,1-3H3. The first kappa shape index (κ1) is 11.0. The average molecular weight is 194 g/mol. The van der Waals surface area contributed by atoms with E-state index < -0.39 is 0 Å². The molecule has 0 radical (unpaired) electrons. The Kier molecular flexibility index (Phi) is 3.47. The first-order chi connectivity index (χ1) is 6.58. The summed E-state index contributed by atoms with van der Waals surface area (Å²) in [5.74, 6) is 0. The molecule has 0 aliphatic rings. The third-order valence-electron chi connectivity index (χ3n) is 2.66. The van der Waals surface area contributed by atoms with E-state index >= 15 is 0 Å². The van der Waals surface area contributed by atoms with Crippen molar-refractivity contribution in [1.82, 2.24) is 4.98 Å². The van der Waals surface area contributed by atoms with Gasteiger partial charge in [-0.05, 0) is 32.4 Å². The molecule has 78 valence electrons. The molecular formula is C11H18N2O. The first-order valence-corrected chi connectivity index (χ1v) is 4.82. The van der Waals surface area contributed by atoms with E-state index in [1.54, 1.807) is 6.20 Å². The Morgan fingerprint density at radius 2 is 2.21 bits per heavy atom. The summed E-state index contributed by atoms with van der Waals surface area (Å²) in [7, 11) is 2.02. The van der Waals surface area contributed by atoms with Crippen LogP contribution in [0.4, 0.5) is 5.69 Å². The fraction of sp³-hybridized carbons (Fsp3) is 0.545. The maximum atomic E-state index is 8.96. The summed E-state index contributed by atoms with van der Waals surface area (Å²) >= 11 is 0. The highest BCUT2D eigenvalue weighted by Crippen LogP contribution is 2.23. The zero-order valence-corrected chi connectivity index (χ0v) is 9.07. The Hall–Kier alpha value is -1.09. The van der Waals surface area contributed by atoms with Crippen LogP contribution in [-0.2, 0) is 0 Å². The molecule has 1 aromatic heterocycles. The normalized spacial score (nSPS) is 11.4. The summed E-state index contributed by atoms with van der Waals surface area (Å²) in [5, 5.41) is 8.96. The van der Waals surface area contributed by atoms with Crippen LogP contribution in [0.15, 0.2) is 24.5 Å². The summed E-state index contributed by atoms with van der Waals surface area (Å²) in [4.78, 5) is 6.21. The van der Waals surface area contributed by atoms with Gasteiger partial charge in [0.25, 0.3) is 0 Å². The SMILES string of the molecule is CN(c1cccnc1)C(C)(C)CCO. The number of aromatic nitrogens is 1. The quantitative estimate of drug-likeness (QED) is 0.792. The van der Waals surface area contributed by atoms with Crippen LogP contribution in [0.3, 0.4) is 0 Å². The van der Waals surface area contributed by atoms with Gasteiger partial charge in [0.1, 0.15) is 0 Å².